The maximum atomic E-state index is 12.1. The lowest BCUT2D eigenvalue weighted by Crippen LogP contribution is -2.51. The van der Waals surface area contributed by atoms with E-state index in [2.05, 4.69) is 37.9 Å². The summed E-state index contributed by atoms with van der Waals surface area (Å²) < 4.78 is 0. The molecule has 0 spiro atoms. The molecule has 3 nitrogen and oxygen atoms in total. The summed E-state index contributed by atoms with van der Waals surface area (Å²) in [7, 11) is 0. The van der Waals surface area contributed by atoms with Gasteiger partial charge in [-0.25, -0.2) is 0 Å². The molecular weight excluding hydrogens is 200 g/mol. The number of hydrogen-bond donors (Lipinski definition) is 1. The van der Waals surface area contributed by atoms with Crippen LogP contribution in [0.1, 0.15) is 53.4 Å². The molecule has 3 atom stereocenters. The van der Waals surface area contributed by atoms with Crippen molar-refractivity contribution in [2.75, 3.05) is 6.54 Å². The molecule has 0 aromatic rings. The molecule has 0 bridgehead atoms. The van der Waals surface area contributed by atoms with Crippen molar-refractivity contribution in [3.05, 3.63) is 0 Å². The van der Waals surface area contributed by atoms with Gasteiger partial charge in [0.05, 0.1) is 6.54 Å². The quantitative estimate of drug-likeness (QED) is 0.796. The Morgan fingerprint density at radius 2 is 1.94 bits per heavy atom. The van der Waals surface area contributed by atoms with Crippen molar-refractivity contribution in [2.45, 2.75) is 71.5 Å². The predicted molar refractivity (Wildman–Crippen MR) is 67.4 cm³/mol. The number of carbonyl (C=O) groups excluding carboxylic acids is 1. The zero-order chi connectivity index (χ0) is 12.1. The van der Waals surface area contributed by atoms with E-state index < -0.39 is 0 Å². The summed E-state index contributed by atoms with van der Waals surface area (Å²) >= 11 is 0. The minimum Gasteiger partial charge on any atom is -0.336 e. The highest BCUT2D eigenvalue weighted by molar-refractivity contribution is 5.79. The van der Waals surface area contributed by atoms with Gasteiger partial charge in [-0.3, -0.25) is 4.79 Å². The van der Waals surface area contributed by atoms with Crippen molar-refractivity contribution in [3.63, 3.8) is 0 Å². The summed E-state index contributed by atoms with van der Waals surface area (Å²) in [5.74, 6) is 0.264. The second-order valence-electron chi connectivity index (χ2n) is 5.12. The summed E-state index contributed by atoms with van der Waals surface area (Å²) in [6, 6.07) is 1.25. The normalized spacial score (nSPS) is 27.9. The number of nitrogens with zero attached hydrogens (tertiary/aromatic N) is 1. The third-order valence-corrected chi connectivity index (χ3v) is 3.70. The Kier molecular flexibility index (Phi) is 5.26. The van der Waals surface area contributed by atoms with Crippen LogP contribution in [-0.2, 0) is 4.79 Å². The standard InChI is InChI=1S/C13H26N2O/c1-5-10(2)14-9-13(16)15-11(3)7-6-8-12(15)4/h10-12,14H,5-9H2,1-4H3. The summed E-state index contributed by atoms with van der Waals surface area (Å²) in [4.78, 5) is 14.2. The van der Waals surface area contributed by atoms with Crippen molar-refractivity contribution in [2.24, 2.45) is 0 Å². The van der Waals surface area contributed by atoms with Crippen LogP contribution in [0.2, 0.25) is 0 Å². The van der Waals surface area contributed by atoms with Crippen LogP contribution < -0.4 is 5.32 Å². The third kappa shape index (κ3) is 3.48. The number of carbonyl (C=O) groups is 1. The van der Waals surface area contributed by atoms with Crippen LogP contribution in [0.3, 0.4) is 0 Å². The first-order valence-corrected chi connectivity index (χ1v) is 6.60. The lowest BCUT2D eigenvalue weighted by atomic mass is 9.97. The molecule has 16 heavy (non-hydrogen) atoms. The van der Waals surface area contributed by atoms with Gasteiger partial charge in [0, 0.05) is 18.1 Å². The van der Waals surface area contributed by atoms with Gasteiger partial charge < -0.3 is 10.2 Å². The number of amides is 1. The molecule has 0 aromatic heterocycles. The largest absolute Gasteiger partial charge is 0.336 e. The SMILES string of the molecule is CCC(C)NCC(=O)N1C(C)CCCC1C. The molecule has 1 rings (SSSR count). The van der Waals surface area contributed by atoms with E-state index in [-0.39, 0.29) is 5.91 Å². The Morgan fingerprint density at radius 1 is 1.38 bits per heavy atom. The maximum absolute atomic E-state index is 12.1. The monoisotopic (exact) mass is 226 g/mol. The second-order valence-corrected chi connectivity index (χ2v) is 5.12. The van der Waals surface area contributed by atoms with E-state index in [9.17, 15) is 4.79 Å². The summed E-state index contributed by atoms with van der Waals surface area (Å²) in [6.45, 7) is 9.07. The molecule has 0 saturated carbocycles. The van der Waals surface area contributed by atoms with Crippen molar-refractivity contribution < 1.29 is 4.79 Å². The molecule has 0 aromatic carbocycles. The van der Waals surface area contributed by atoms with Crippen LogP contribution in [0.25, 0.3) is 0 Å². The van der Waals surface area contributed by atoms with E-state index in [1.165, 1.54) is 6.42 Å². The van der Waals surface area contributed by atoms with Gasteiger partial charge in [0.15, 0.2) is 0 Å². The summed E-state index contributed by atoms with van der Waals surface area (Å²) in [5.41, 5.74) is 0. The highest BCUT2D eigenvalue weighted by Crippen LogP contribution is 2.22. The van der Waals surface area contributed by atoms with Gasteiger partial charge in [0.25, 0.3) is 0 Å². The topological polar surface area (TPSA) is 32.3 Å². The van der Waals surface area contributed by atoms with Crippen molar-refractivity contribution >= 4 is 5.91 Å². The Balaban J connectivity index is 2.44. The molecule has 1 fully saturated rings. The fourth-order valence-electron chi connectivity index (χ4n) is 2.41. The molecule has 94 valence electrons. The molecule has 1 saturated heterocycles. The molecule has 3 unspecified atom stereocenters. The Bertz CT molecular complexity index is 220. The van der Waals surface area contributed by atoms with Crippen LogP contribution >= 0.6 is 0 Å². The summed E-state index contributed by atoms with van der Waals surface area (Å²) in [6.07, 6.45) is 4.63. The van der Waals surface area contributed by atoms with Crippen molar-refractivity contribution in [1.29, 1.82) is 0 Å². The molecule has 0 aliphatic carbocycles. The van der Waals surface area contributed by atoms with Gasteiger partial charge in [0.2, 0.25) is 5.91 Å². The number of nitrogens with one attached hydrogen (secondary N) is 1. The highest BCUT2D eigenvalue weighted by atomic mass is 16.2. The van der Waals surface area contributed by atoms with E-state index in [1.54, 1.807) is 0 Å². The van der Waals surface area contributed by atoms with Gasteiger partial charge >= 0.3 is 0 Å². The molecule has 1 heterocycles. The second kappa shape index (κ2) is 6.24. The molecule has 3 heteroatoms. The van der Waals surface area contributed by atoms with Crippen molar-refractivity contribution in [3.8, 4) is 0 Å². The molecule has 1 aliphatic rings. The molecular formula is C13H26N2O. The summed E-state index contributed by atoms with van der Waals surface area (Å²) in [5, 5.41) is 3.28. The smallest absolute Gasteiger partial charge is 0.237 e. The first-order chi connectivity index (χ1) is 7.56. The molecule has 1 N–H and O–H groups in total. The molecule has 1 amide bonds. The van der Waals surface area contributed by atoms with E-state index >= 15 is 0 Å². The van der Waals surface area contributed by atoms with Gasteiger partial charge in [-0.15, -0.1) is 0 Å². The van der Waals surface area contributed by atoms with Crippen molar-refractivity contribution in [1.82, 2.24) is 10.2 Å². The lowest BCUT2D eigenvalue weighted by Gasteiger charge is -2.39. The van der Waals surface area contributed by atoms with Crippen LogP contribution in [0.5, 0.6) is 0 Å². The first-order valence-electron chi connectivity index (χ1n) is 6.60. The minimum absolute atomic E-state index is 0.264. The van der Waals surface area contributed by atoms with Crippen LogP contribution in [-0.4, -0.2) is 35.5 Å². The fourth-order valence-corrected chi connectivity index (χ4v) is 2.41. The van der Waals surface area contributed by atoms with E-state index in [0.29, 0.717) is 24.7 Å². The zero-order valence-corrected chi connectivity index (χ0v) is 11.1. The van der Waals surface area contributed by atoms with Gasteiger partial charge in [-0.05, 0) is 46.5 Å². The number of likely N-dealkylation sites (tertiary alicyclic amines) is 1. The molecule has 0 radical (unpaired) electrons. The fraction of sp³-hybridized carbons (Fsp3) is 0.923. The Morgan fingerprint density at radius 3 is 2.44 bits per heavy atom. The first kappa shape index (κ1) is 13.5. The number of piperidine rings is 1. The maximum Gasteiger partial charge on any atom is 0.237 e. The Labute approximate surface area is 99.6 Å². The lowest BCUT2D eigenvalue weighted by molar-refractivity contribution is -0.136. The van der Waals surface area contributed by atoms with Gasteiger partial charge in [-0.2, -0.15) is 0 Å². The van der Waals surface area contributed by atoms with Gasteiger partial charge in [0.1, 0.15) is 0 Å². The van der Waals surface area contributed by atoms with Crippen LogP contribution in [0.4, 0.5) is 0 Å². The Hall–Kier alpha value is -0.570. The average molecular weight is 226 g/mol. The van der Waals surface area contributed by atoms with E-state index in [0.717, 1.165) is 19.3 Å². The predicted octanol–water partition coefficient (Wildman–Crippen LogP) is 2.16. The highest BCUT2D eigenvalue weighted by Gasteiger charge is 2.28. The van der Waals surface area contributed by atoms with E-state index in [4.69, 9.17) is 0 Å². The average Bonchev–Trinajstić information content (AvgIpc) is 2.25. The van der Waals surface area contributed by atoms with Gasteiger partial charge in [-0.1, -0.05) is 6.92 Å². The number of hydrogen-bond acceptors (Lipinski definition) is 2. The third-order valence-electron chi connectivity index (χ3n) is 3.70. The van der Waals surface area contributed by atoms with Crippen LogP contribution in [0.15, 0.2) is 0 Å². The number of rotatable bonds is 4. The van der Waals surface area contributed by atoms with Crippen LogP contribution in [0, 0.1) is 0 Å². The van der Waals surface area contributed by atoms with E-state index in [1.807, 2.05) is 0 Å². The zero-order valence-electron chi connectivity index (χ0n) is 11.1. The minimum atomic E-state index is 0.264. The molecule has 1 aliphatic heterocycles.